The summed E-state index contributed by atoms with van der Waals surface area (Å²) in [6.07, 6.45) is 3.81. The third-order valence-corrected chi connectivity index (χ3v) is 4.81. The van der Waals surface area contributed by atoms with Crippen molar-refractivity contribution < 1.29 is 0 Å². The molecule has 5 nitrogen and oxygen atoms in total. The minimum Gasteiger partial charge on any atom is -0.304 e. The van der Waals surface area contributed by atoms with Gasteiger partial charge in [-0.3, -0.25) is 4.98 Å². The Hall–Kier alpha value is -1.02. The molecule has 106 valence electrons. The van der Waals surface area contributed by atoms with Crippen molar-refractivity contribution in [1.82, 2.24) is 24.9 Å². The second-order valence-electron chi connectivity index (χ2n) is 5.43. The molecule has 1 fully saturated rings. The van der Waals surface area contributed by atoms with Crippen LogP contribution in [0.25, 0.3) is 11.4 Å². The molecule has 3 rings (SSSR count). The van der Waals surface area contributed by atoms with E-state index in [0.717, 1.165) is 24.5 Å². The van der Waals surface area contributed by atoms with E-state index >= 15 is 0 Å². The van der Waals surface area contributed by atoms with Crippen LogP contribution in [-0.4, -0.2) is 48.9 Å². The van der Waals surface area contributed by atoms with Crippen molar-refractivity contribution in [1.29, 1.82) is 0 Å². The maximum absolute atomic E-state index is 4.34. The lowest BCUT2D eigenvalue weighted by Gasteiger charge is -2.20. The van der Waals surface area contributed by atoms with E-state index in [1.165, 1.54) is 0 Å². The monoisotopic (exact) mass is 383 g/mol. The van der Waals surface area contributed by atoms with Gasteiger partial charge in [0.2, 0.25) is 0 Å². The van der Waals surface area contributed by atoms with E-state index < -0.39 is 0 Å². The second-order valence-corrected chi connectivity index (χ2v) is 7.39. The molecule has 20 heavy (non-hydrogen) atoms. The van der Waals surface area contributed by atoms with Crippen LogP contribution in [0.15, 0.2) is 30.6 Å². The summed E-state index contributed by atoms with van der Waals surface area (Å²) in [5.74, 6) is 0.610. The molecule has 1 saturated heterocycles. The van der Waals surface area contributed by atoms with Gasteiger partial charge < -0.3 is 4.90 Å². The van der Waals surface area contributed by atoms with Gasteiger partial charge >= 0.3 is 0 Å². The summed E-state index contributed by atoms with van der Waals surface area (Å²) < 4.78 is 2.64. The van der Waals surface area contributed by atoms with E-state index in [2.05, 4.69) is 56.8 Å². The summed E-state index contributed by atoms with van der Waals surface area (Å²) in [4.78, 5) is 6.70. The predicted molar refractivity (Wildman–Crippen MR) is 86.8 cm³/mol. The van der Waals surface area contributed by atoms with Gasteiger partial charge in [0, 0.05) is 29.1 Å². The Bertz CT molecular complexity index is 568. The number of alkyl halides is 1. The number of hydrogen-bond donors (Lipinski definition) is 0. The van der Waals surface area contributed by atoms with Gasteiger partial charge in [-0.05, 0) is 19.2 Å². The van der Waals surface area contributed by atoms with E-state index in [1.807, 2.05) is 29.1 Å². The minimum absolute atomic E-state index is 0.400. The number of aromatic nitrogens is 4. The third-order valence-electron chi connectivity index (χ3n) is 3.88. The SMILES string of the molecule is CC(I)C1CN(C)CC1n1cc(-c2ccccn2)nn1. The molecule has 2 aromatic rings. The van der Waals surface area contributed by atoms with Crippen LogP contribution >= 0.6 is 22.6 Å². The molecular formula is C14H18IN5. The van der Waals surface area contributed by atoms with Crippen LogP contribution in [-0.2, 0) is 0 Å². The van der Waals surface area contributed by atoms with Crippen LogP contribution in [0.4, 0.5) is 0 Å². The van der Waals surface area contributed by atoms with Crippen LogP contribution in [0.1, 0.15) is 13.0 Å². The highest BCUT2D eigenvalue weighted by molar-refractivity contribution is 14.1. The van der Waals surface area contributed by atoms with E-state index in [4.69, 9.17) is 0 Å². The van der Waals surface area contributed by atoms with Crippen LogP contribution in [0.5, 0.6) is 0 Å². The molecule has 0 N–H and O–H groups in total. The molecular weight excluding hydrogens is 365 g/mol. The van der Waals surface area contributed by atoms with Gasteiger partial charge in [-0.15, -0.1) is 5.10 Å². The van der Waals surface area contributed by atoms with Crippen molar-refractivity contribution in [3.8, 4) is 11.4 Å². The van der Waals surface area contributed by atoms with Crippen LogP contribution in [0.3, 0.4) is 0 Å². The Labute approximate surface area is 132 Å². The first-order valence-electron chi connectivity index (χ1n) is 6.81. The Kier molecular flexibility index (Phi) is 4.02. The smallest absolute Gasteiger partial charge is 0.131 e. The zero-order valence-corrected chi connectivity index (χ0v) is 13.8. The van der Waals surface area contributed by atoms with E-state index in [0.29, 0.717) is 15.9 Å². The summed E-state index contributed by atoms with van der Waals surface area (Å²) in [6, 6.07) is 6.25. The summed E-state index contributed by atoms with van der Waals surface area (Å²) in [5, 5.41) is 8.62. The molecule has 0 radical (unpaired) electrons. The Morgan fingerprint density at radius 3 is 2.85 bits per heavy atom. The van der Waals surface area contributed by atoms with Gasteiger partial charge in [-0.2, -0.15) is 0 Å². The fraction of sp³-hybridized carbons (Fsp3) is 0.500. The molecule has 0 aromatic carbocycles. The van der Waals surface area contributed by atoms with Gasteiger partial charge in [0.1, 0.15) is 5.69 Å². The van der Waals surface area contributed by atoms with Crippen molar-refractivity contribution in [3.05, 3.63) is 30.6 Å². The molecule has 0 amide bonds. The number of likely N-dealkylation sites (tertiary alicyclic amines) is 1. The predicted octanol–water partition coefficient (Wildman–Crippen LogP) is 2.27. The molecule has 1 aliphatic heterocycles. The van der Waals surface area contributed by atoms with Gasteiger partial charge in [-0.1, -0.05) is 40.8 Å². The summed E-state index contributed by atoms with van der Waals surface area (Å²) in [7, 11) is 2.17. The third kappa shape index (κ3) is 2.71. The maximum atomic E-state index is 4.34. The highest BCUT2D eigenvalue weighted by Crippen LogP contribution is 2.33. The minimum atomic E-state index is 0.400. The molecule has 0 saturated carbocycles. The number of halogens is 1. The molecule has 3 unspecified atom stereocenters. The fourth-order valence-corrected chi connectivity index (χ4v) is 3.52. The van der Waals surface area contributed by atoms with Crippen molar-refractivity contribution in [3.63, 3.8) is 0 Å². The van der Waals surface area contributed by atoms with Crippen LogP contribution < -0.4 is 0 Å². The first kappa shape index (κ1) is 13.9. The summed E-state index contributed by atoms with van der Waals surface area (Å²) in [6.45, 7) is 4.42. The molecule has 0 aliphatic carbocycles. The molecule has 6 heteroatoms. The van der Waals surface area contributed by atoms with Crippen LogP contribution in [0, 0.1) is 5.92 Å². The highest BCUT2D eigenvalue weighted by atomic mass is 127. The lowest BCUT2D eigenvalue weighted by Crippen LogP contribution is -2.24. The van der Waals surface area contributed by atoms with E-state index in [9.17, 15) is 0 Å². The molecule has 0 spiro atoms. The first-order chi connectivity index (χ1) is 9.65. The first-order valence-corrected chi connectivity index (χ1v) is 8.05. The molecule has 0 bridgehead atoms. The molecule has 1 aliphatic rings. The Balaban J connectivity index is 1.86. The normalized spacial score (nSPS) is 24.9. The largest absolute Gasteiger partial charge is 0.304 e. The summed E-state index contributed by atoms with van der Waals surface area (Å²) in [5.41, 5.74) is 1.73. The van der Waals surface area contributed by atoms with Crippen molar-refractivity contribution in [2.45, 2.75) is 16.9 Å². The van der Waals surface area contributed by atoms with Crippen molar-refractivity contribution in [2.75, 3.05) is 20.1 Å². The zero-order valence-electron chi connectivity index (χ0n) is 11.6. The summed E-state index contributed by atoms with van der Waals surface area (Å²) >= 11 is 2.51. The highest BCUT2D eigenvalue weighted by Gasteiger charge is 2.35. The number of hydrogen-bond acceptors (Lipinski definition) is 4. The number of rotatable bonds is 3. The number of likely N-dealkylation sites (N-methyl/N-ethyl adjacent to an activating group) is 1. The fourth-order valence-electron chi connectivity index (χ4n) is 2.81. The standard InChI is InChI=1S/C14H18IN5/c1-10(15)11-7-19(2)9-14(11)20-8-13(17-18-20)12-5-3-4-6-16-12/h3-6,8,10-11,14H,7,9H2,1-2H3. The molecule has 3 atom stereocenters. The molecule has 2 aromatic heterocycles. The van der Waals surface area contributed by atoms with Gasteiger partial charge in [0.05, 0.1) is 17.9 Å². The average Bonchev–Trinajstić information content (AvgIpc) is 3.06. The Morgan fingerprint density at radius 1 is 1.30 bits per heavy atom. The average molecular weight is 383 g/mol. The number of nitrogens with zero attached hydrogens (tertiary/aromatic N) is 5. The Morgan fingerprint density at radius 2 is 2.15 bits per heavy atom. The topological polar surface area (TPSA) is 46.8 Å². The molecule has 3 heterocycles. The van der Waals surface area contributed by atoms with Gasteiger partial charge in [0.15, 0.2) is 0 Å². The maximum Gasteiger partial charge on any atom is 0.131 e. The van der Waals surface area contributed by atoms with E-state index in [-0.39, 0.29) is 0 Å². The van der Waals surface area contributed by atoms with E-state index in [1.54, 1.807) is 6.20 Å². The lowest BCUT2D eigenvalue weighted by atomic mass is 10.0. The lowest BCUT2D eigenvalue weighted by molar-refractivity contribution is 0.367. The van der Waals surface area contributed by atoms with Gasteiger partial charge in [0.25, 0.3) is 0 Å². The second kappa shape index (κ2) is 5.77. The van der Waals surface area contributed by atoms with Crippen molar-refractivity contribution >= 4 is 22.6 Å². The number of pyridine rings is 1. The van der Waals surface area contributed by atoms with Gasteiger partial charge in [-0.25, -0.2) is 4.68 Å². The van der Waals surface area contributed by atoms with Crippen LogP contribution in [0.2, 0.25) is 0 Å². The zero-order chi connectivity index (χ0) is 14.1. The quantitative estimate of drug-likeness (QED) is 0.603. The van der Waals surface area contributed by atoms with Crippen molar-refractivity contribution in [2.24, 2.45) is 5.92 Å².